The van der Waals surface area contributed by atoms with Gasteiger partial charge in [0.15, 0.2) is 0 Å². The predicted octanol–water partition coefficient (Wildman–Crippen LogP) is 5.09. The van der Waals surface area contributed by atoms with Crippen LogP contribution in [0.25, 0.3) is 0 Å². The van der Waals surface area contributed by atoms with E-state index in [1.165, 1.54) is 44.1 Å². The van der Waals surface area contributed by atoms with Gasteiger partial charge in [-0.25, -0.2) is 4.98 Å². The lowest BCUT2D eigenvalue weighted by Gasteiger charge is -2.19. The number of nitrogens with one attached hydrogen (secondary N) is 2. The van der Waals surface area contributed by atoms with Crippen molar-refractivity contribution in [1.82, 2.24) is 9.97 Å². The van der Waals surface area contributed by atoms with Crippen molar-refractivity contribution >= 4 is 11.8 Å². The Morgan fingerprint density at radius 2 is 1.71 bits per heavy atom. The average molecular weight is 324 g/mol. The summed E-state index contributed by atoms with van der Waals surface area (Å²) in [6, 6.07) is 13.2. The van der Waals surface area contributed by atoms with Crippen molar-refractivity contribution in [2.24, 2.45) is 0 Å². The number of hydrogen-bond donors (Lipinski definition) is 2. The molecule has 4 heteroatoms. The summed E-state index contributed by atoms with van der Waals surface area (Å²) in [4.78, 5) is 9.24. The Labute approximate surface area is 145 Å². The van der Waals surface area contributed by atoms with E-state index in [9.17, 15) is 0 Å². The molecule has 1 saturated carbocycles. The van der Waals surface area contributed by atoms with Gasteiger partial charge >= 0.3 is 0 Å². The standard InChI is InChI=1S/C20H28N4/c1-15-14-19(23-18-12-8-3-4-9-13-18)24-20(21-15)22-16(2)17-10-6-5-7-11-17/h5-7,10-11,14,16,18H,3-4,8-9,12-13H2,1-2H3,(H2,21,22,23,24). The molecular formula is C20H28N4. The largest absolute Gasteiger partial charge is 0.367 e. The van der Waals surface area contributed by atoms with Gasteiger partial charge in [-0.1, -0.05) is 56.0 Å². The van der Waals surface area contributed by atoms with E-state index in [2.05, 4.69) is 46.8 Å². The third-order valence-corrected chi connectivity index (χ3v) is 4.71. The summed E-state index contributed by atoms with van der Waals surface area (Å²) in [5.41, 5.74) is 2.23. The molecule has 3 rings (SSSR count). The van der Waals surface area contributed by atoms with Gasteiger partial charge in [0.05, 0.1) is 6.04 Å². The lowest BCUT2D eigenvalue weighted by Crippen LogP contribution is -2.20. The maximum atomic E-state index is 4.69. The Bertz CT molecular complexity index is 633. The molecule has 1 heterocycles. The summed E-state index contributed by atoms with van der Waals surface area (Å²) in [6.07, 6.45) is 7.85. The topological polar surface area (TPSA) is 49.8 Å². The molecule has 0 bridgehead atoms. The molecule has 4 nitrogen and oxygen atoms in total. The molecule has 1 fully saturated rings. The molecule has 0 saturated heterocycles. The third-order valence-electron chi connectivity index (χ3n) is 4.71. The minimum atomic E-state index is 0.179. The molecule has 0 radical (unpaired) electrons. The molecule has 128 valence electrons. The van der Waals surface area contributed by atoms with Gasteiger partial charge in [0.25, 0.3) is 0 Å². The Balaban J connectivity index is 1.69. The number of hydrogen-bond acceptors (Lipinski definition) is 4. The van der Waals surface area contributed by atoms with Crippen molar-refractivity contribution < 1.29 is 0 Å². The maximum Gasteiger partial charge on any atom is 0.225 e. The van der Waals surface area contributed by atoms with Crippen molar-refractivity contribution in [1.29, 1.82) is 0 Å². The highest BCUT2D eigenvalue weighted by Crippen LogP contribution is 2.22. The highest BCUT2D eigenvalue weighted by molar-refractivity contribution is 5.44. The van der Waals surface area contributed by atoms with Crippen LogP contribution in [-0.4, -0.2) is 16.0 Å². The van der Waals surface area contributed by atoms with Crippen LogP contribution >= 0.6 is 0 Å². The summed E-state index contributed by atoms with van der Waals surface area (Å²) in [5, 5.41) is 7.05. The van der Waals surface area contributed by atoms with E-state index in [-0.39, 0.29) is 6.04 Å². The van der Waals surface area contributed by atoms with E-state index >= 15 is 0 Å². The lowest BCUT2D eigenvalue weighted by molar-refractivity contribution is 0.617. The van der Waals surface area contributed by atoms with Crippen LogP contribution in [0.4, 0.5) is 11.8 Å². The highest BCUT2D eigenvalue weighted by Gasteiger charge is 2.14. The van der Waals surface area contributed by atoms with Crippen LogP contribution < -0.4 is 10.6 Å². The second kappa shape index (κ2) is 8.13. The lowest BCUT2D eigenvalue weighted by atomic mass is 10.1. The van der Waals surface area contributed by atoms with Crippen molar-refractivity contribution in [3.05, 3.63) is 47.7 Å². The Morgan fingerprint density at radius 3 is 2.42 bits per heavy atom. The molecule has 1 unspecified atom stereocenters. The van der Waals surface area contributed by atoms with Crippen molar-refractivity contribution in [2.75, 3.05) is 10.6 Å². The number of anilines is 2. The van der Waals surface area contributed by atoms with Gasteiger partial charge in [0, 0.05) is 17.8 Å². The van der Waals surface area contributed by atoms with E-state index in [0.717, 1.165) is 11.5 Å². The summed E-state index contributed by atoms with van der Waals surface area (Å²) < 4.78 is 0. The van der Waals surface area contributed by atoms with Crippen LogP contribution in [-0.2, 0) is 0 Å². The summed E-state index contributed by atoms with van der Waals surface area (Å²) in [5.74, 6) is 1.64. The number of aromatic nitrogens is 2. The number of benzene rings is 1. The van der Waals surface area contributed by atoms with E-state index in [4.69, 9.17) is 4.98 Å². The third kappa shape index (κ3) is 4.70. The number of aryl methyl sites for hydroxylation is 1. The highest BCUT2D eigenvalue weighted by atomic mass is 15.2. The van der Waals surface area contributed by atoms with Crippen LogP contribution in [0.15, 0.2) is 36.4 Å². The molecule has 2 aromatic rings. The molecule has 1 aromatic heterocycles. The van der Waals surface area contributed by atoms with Gasteiger partial charge in [-0.3, -0.25) is 0 Å². The molecule has 2 N–H and O–H groups in total. The van der Waals surface area contributed by atoms with E-state index < -0.39 is 0 Å². The zero-order chi connectivity index (χ0) is 16.8. The number of rotatable bonds is 5. The minimum absolute atomic E-state index is 0.179. The normalized spacial score (nSPS) is 17.1. The first kappa shape index (κ1) is 16.7. The first-order valence-corrected chi connectivity index (χ1v) is 9.14. The van der Waals surface area contributed by atoms with Crippen LogP contribution in [0.1, 0.15) is 62.7 Å². The van der Waals surface area contributed by atoms with E-state index in [1.54, 1.807) is 0 Å². The molecule has 1 aliphatic rings. The molecule has 0 spiro atoms. The zero-order valence-electron chi connectivity index (χ0n) is 14.8. The molecule has 1 aliphatic carbocycles. The van der Waals surface area contributed by atoms with Gasteiger partial charge in [-0.2, -0.15) is 4.98 Å². The quantitative estimate of drug-likeness (QED) is 0.752. The van der Waals surface area contributed by atoms with Crippen LogP contribution in [0.3, 0.4) is 0 Å². The molecule has 0 amide bonds. The van der Waals surface area contributed by atoms with Gasteiger partial charge in [0.1, 0.15) is 5.82 Å². The fraction of sp³-hybridized carbons (Fsp3) is 0.500. The van der Waals surface area contributed by atoms with E-state index in [1.807, 2.05) is 19.1 Å². The molecule has 0 aliphatic heterocycles. The SMILES string of the molecule is Cc1cc(NC2CCCCCC2)nc(NC(C)c2ccccc2)n1. The van der Waals surface area contributed by atoms with Gasteiger partial charge in [-0.05, 0) is 32.3 Å². The minimum Gasteiger partial charge on any atom is -0.367 e. The van der Waals surface area contributed by atoms with Crippen molar-refractivity contribution in [2.45, 2.75) is 64.5 Å². The summed E-state index contributed by atoms with van der Waals surface area (Å²) in [7, 11) is 0. The van der Waals surface area contributed by atoms with Gasteiger partial charge in [0.2, 0.25) is 5.95 Å². The fourth-order valence-electron chi connectivity index (χ4n) is 3.36. The van der Waals surface area contributed by atoms with Crippen LogP contribution in [0, 0.1) is 6.92 Å². The molecule has 24 heavy (non-hydrogen) atoms. The molecule has 1 atom stereocenters. The van der Waals surface area contributed by atoms with Crippen molar-refractivity contribution in [3.8, 4) is 0 Å². The van der Waals surface area contributed by atoms with Gasteiger partial charge in [-0.15, -0.1) is 0 Å². The smallest absolute Gasteiger partial charge is 0.225 e. The second-order valence-corrected chi connectivity index (χ2v) is 6.83. The fourth-order valence-corrected chi connectivity index (χ4v) is 3.36. The van der Waals surface area contributed by atoms with Gasteiger partial charge < -0.3 is 10.6 Å². The first-order chi connectivity index (χ1) is 11.7. The Morgan fingerprint density at radius 1 is 1.00 bits per heavy atom. The van der Waals surface area contributed by atoms with Crippen LogP contribution in [0.2, 0.25) is 0 Å². The van der Waals surface area contributed by atoms with E-state index in [0.29, 0.717) is 12.0 Å². The molecule has 1 aromatic carbocycles. The summed E-state index contributed by atoms with van der Waals surface area (Å²) in [6.45, 7) is 4.16. The maximum absolute atomic E-state index is 4.69. The monoisotopic (exact) mass is 324 g/mol. The average Bonchev–Trinajstić information content (AvgIpc) is 2.84. The van der Waals surface area contributed by atoms with Crippen molar-refractivity contribution in [3.63, 3.8) is 0 Å². The predicted molar refractivity (Wildman–Crippen MR) is 100 cm³/mol. The Kier molecular flexibility index (Phi) is 5.68. The zero-order valence-corrected chi connectivity index (χ0v) is 14.8. The van der Waals surface area contributed by atoms with Crippen LogP contribution in [0.5, 0.6) is 0 Å². The number of nitrogens with zero attached hydrogens (tertiary/aromatic N) is 2. The first-order valence-electron chi connectivity index (χ1n) is 9.14. The summed E-state index contributed by atoms with van der Waals surface area (Å²) >= 11 is 0. The molecular weight excluding hydrogens is 296 g/mol. The second-order valence-electron chi connectivity index (χ2n) is 6.83. The Hall–Kier alpha value is -2.10.